The fraction of sp³-hybridized carbons (Fsp3) is 0.0588. The molecule has 6 nitrogen and oxygen atoms in total. The van der Waals surface area contributed by atoms with E-state index in [4.69, 9.17) is 4.74 Å². The highest BCUT2D eigenvalue weighted by Crippen LogP contribution is 2.26. The number of nitrogens with zero attached hydrogens (tertiary/aromatic N) is 2. The first kappa shape index (κ1) is 18.8. The summed E-state index contributed by atoms with van der Waals surface area (Å²) in [6.07, 6.45) is 1.40. The predicted octanol–water partition coefficient (Wildman–Crippen LogP) is 4.38. The normalized spacial score (nSPS) is 11.2. The van der Waals surface area contributed by atoms with Gasteiger partial charge in [0.2, 0.25) is 5.82 Å². The molecule has 1 heterocycles. The van der Waals surface area contributed by atoms with Gasteiger partial charge in [-0.2, -0.15) is 0 Å². The highest BCUT2D eigenvalue weighted by molar-refractivity contribution is 9.10. The second-order valence-electron chi connectivity index (χ2n) is 5.18. The molecule has 0 spiro atoms. The zero-order valence-electron chi connectivity index (χ0n) is 13.3. The number of hydrogen-bond acceptors (Lipinski definition) is 5. The van der Waals surface area contributed by atoms with Crippen molar-refractivity contribution in [3.05, 3.63) is 75.4 Å². The molecule has 9 heteroatoms. The van der Waals surface area contributed by atoms with Crippen molar-refractivity contribution in [2.75, 3.05) is 4.72 Å². The molecule has 0 aliphatic carbocycles. The minimum atomic E-state index is -3.83. The Hall–Kier alpha value is -1.97. The first-order valence-corrected chi connectivity index (χ1v) is 10.5. The average Bonchev–Trinajstić information content (AvgIpc) is 2.62. The number of anilines is 1. The summed E-state index contributed by atoms with van der Waals surface area (Å²) in [7, 11) is -3.83. The van der Waals surface area contributed by atoms with Gasteiger partial charge in [-0.3, -0.25) is 4.72 Å². The van der Waals surface area contributed by atoms with Gasteiger partial charge in [-0.1, -0.05) is 52.3 Å². The third-order valence-corrected chi connectivity index (χ3v) is 5.48. The van der Waals surface area contributed by atoms with Gasteiger partial charge < -0.3 is 4.74 Å². The second kappa shape index (κ2) is 8.15. The van der Waals surface area contributed by atoms with Crippen LogP contribution in [-0.4, -0.2) is 18.4 Å². The Morgan fingerprint density at radius 1 is 1.04 bits per heavy atom. The molecule has 0 unspecified atom stereocenters. The minimum absolute atomic E-state index is 0.0177. The number of sulfonamides is 1. The van der Waals surface area contributed by atoms with E-state index in [9.17, 15) is 8.42 Å². The van der Waals surface area contributed by atoms with Crippen molar-refractivity contribution < 1.29 is 13.2 Å². The molecule has 0 aliphatic heterocycles. The molecule has 0 atom stereocenters. The predicted molar refractivity (Wildman–Crippen MR) is 105 cm³/mol. The van der Waals surface area contributed by atoms with Gasteiger partial charge in [0.25, 0.3) is 15.9 Å². The summed E-state index contributed by atoms with van der Waals surface area (Å²) in [5.41, 5.74) is 0.926. The van der Waals surface area contributed by atoms with Crippen LogP contribution < -0.4 is 9.46 Å². The molecular formula is C17H13Br2N3O3S. The Balaban J connectivity index is 1.85. The van der Waals surface area contributed by atoms with Crippen LogP contribution in [0.4, 0.5) is 5.82 Å². The summed E-state index contributed by atoms with van der Waals surface area (Å²) in [5, 5.41) is 0. The molecule has 0 bridgehead atoms. The Morgan fingerprint density at radius 2 is 1.81 bits per heavy atom. The highest BCUT2D eigenvalue weighted by atomic mass is 79.9. The van der Waals surface area contributed by atoms with Gasteiger partial charge in [-0.05, 0) is 39.7 Å². The van der Waals surface area contributed by atoms with Gasteiger partial charge in [0, 0.05) is 4.47 Å². The summed E-state index contributed by atoms with van der Waals surface area (Å²) in [6, 6.07) is 15.9. The van der Waals surface area contributed by atoms with Crippen LogP contribution in [-0.2, 0) is 16.6 Å². The molecule has 3 rings (SSSR count). The van der Waals surface area contributed by atoms with Gasteiger partial charge in [-0.15, -0.1) is 0 Å². The molecule has 1 N–H and O–H groups in total. The van der Waals surface area contributed by atoms with E-state index in [-0.39, 0.29) is 23.2 Å². The lowest BCUT2D eigenvalue weighted by Gasteiger charge is -2.12. The lowest BCUT2D eigenvalue weighted by Crippen LogP contribution is -2.15. The molecule has 2 aromatic carbocycles. The first-order valence-electron chi connectivity index (χ1n) is 7.42. The molecule has 0 radical (unpaired) electrons. The molecule has 0 amide bonds. The van der Waals surface area contributed by atoms with Crippen LogP contribution >= 0.6 is 31.9 Å². The van der Waals surface area contributed by atoms with E-state index in [1.165, 1.54) is 18.3 Å². The number of nitrogens with one attached hydrogen (secondary N) is 1. The fourth-order valence-corrected chi connectivity index (χ4v) is 3.94. The van der Waals surface area contributed by atoms with Crippen LogP contribution in [0.3, 0.4) is 0 Å². The smallest absolute Gasteiger partial charge is 0.263 e. The minimum Gasteiger partial charge on any atom is -0.470 e. The summed E-state index contributed by atoms with van der Waals surface area (Å²) < 4.78 is 34.4. The van der Waals surface area contributed by atoms with E-state index in [2.05, 4.69) is 46.5 Å². The SMILES string of the molecule is O=S(=O)(Nc1ncc(Br)nc1OCc1ccccc1)c1cccc(Br)c1. The lowest BCUT2D eigenvalue weighted by atomic mass is 10.2. The average molecular weight is 499 g/mol. The Bertz CT molecular complexity index is 1010. The molecular weight excluding hydrogens is 486 g/mol. The Labute approximate surface area is 168 Å². The number of ether oxygens (including phenoxy) is 1. The number of aromatic nitrogens is 2. The topological polar surface area (TPSA) is 81.2 Å². The quantitative estimate of drug-likeness (QED) is 0.545. The molecule has 134 valence electrons. The summed E-state index contributed by atoms with van der Waals surface area (Å²) >= 11 is 6.48. The highest BCUT2D eigenvalue weighted by Gasteiger charge is 2.19. The van der Waals surface area contributed by atoms with E-state index in [0.29, 0.717) is 9.08 Å². The van der Waals surface area contributed by atoms with Crippen molar-refractivity contribution in [3.63, 3.8) is 0 Å². The van der Waals surface area contributed by atoms with Crippen molar-refractivity contribution in [2.45, 2.75) is 11.5 Å². The van der Waals surface area contributed by atoms with Crippen LogP contribution in [0.25, 0.3) is 0 Å². The van der Waals surface area contributed by atoms with Crippen LogP contribution in [0, 0.1) is 0 Å². The van der Waals surface area contributed by atoms with Crippen molar-refractivity contribution in [2.24, 2.45) is 0 Å². The van der Waals surface area contributed by atoms with E-state index in [0.717, 1.165) is 5.56 Å². The zero-order valence-corrected chi connectivity index (χ0v) is 17.3. The van der Waals surface area contributed by atoms with Crippen molar-refractivity contribution >= 4 is 47.7 Å². The molecule has 26 heavy (non-hydrogen) atoms. The number of hydrogen-bond donors (Lipinski definition) is 1. The molecule has 0 fully saturated rings. The van der Waals surface area contributed by atoms with E-state index in [1.807, 2.05) is 30.3 Å². The Kier molecular flexibility index (Phi) is 5.90. The van der Waals surface area contributed by atoms with Crippen molar-refractivity contribution in [1.29, 1.82) is 0 Å². The molecule has 3 aromatic rings. The number of rotatable bonds is 6. The van der Waals surface area contributed by atoms with Crippen LogP contribution in [0.1, 0.15) is 5.56 Å². The lowest BCUT2D eigenvalue weighted by molar-refractivity contribution is 0.294. The largest absolute Gasteiger partial charge is 0.470 e. The summed E-state index contributed by atoms with van der Waals surface area (Å²) in [5.74, 6) is 0.103. The third kappa shape index (κ3) is 4.80. The van der Waals surface area contributed by atoms with Crippen LogP contribution in [0.5, 0.6) is 5.88 Å². The van der Waals surface area contributed by atoms with Gasteiger partial charge in [0.15, 0.2) is 0 Å². The van der Waals surface area contributed by atoms with Crippen molar-refractivity contribution in [3.8, 4) is 5.88 Å². The maximum atomic E-state index is 12.6. The van der Waals surface area contributed by atoms with E-state index < -0.39 is 10.0 Å². The molecule has 0 saturated heterocycles. The molecule has 0 saturated carbocycles. The number of halogens is 2. The van der Waals surface area contributed by atoms with Crippen LogP contribution in [0.15, 0.2) is 74.8 Å². The Morgan fingerprint density at radius 3 is 2.54 bits per heavy atom. The standard InChI is InChI=1S/C17H13Br2N3O3S/c18-13-7-4-8-14(9-13)26(23,24)22-16-17(21-15(19)10-20-16)25-11-12-5-2-1-3-6-12/h1-10H,11H2,(H,20,22). The third-order valence-electron chi connectivity index (χ3n) is 3.27. The number of benzene rings is 2. The molecule has 1 aromatic heterocycles. The zero-order chi connectivity index (χ0) is 18.6. The maximum absolute atomic E-state index is 12.6. The fourth-order valence-electron chi connectivity index (χ4n) is 2.07. The van der Waals surface area contributed by atoms with Gasteiger partial charge in [-0.25, -0.2) is 18.4 Å². The van der Waals surface area contributed by atoms with Gasteiger partial charge >= 0.3 is 0 Å². The van der Waals surface area contributed by atoms with Crippen LogP contribution in [0.2, 0.25) is 0 Å². The van der Waals surface area contributed by atoms with Gasteiger partial charge in [0.05, 0.1) is 11.1 Å². The van der Waals surface area contributed by atoms with Crippen molar-refractivity contribution in [1.82, 2.24) is 9.97 Å². The summed E-state index contributed by atoms with van der Waals surface area (Å²) in [4.78, 5) is 8.37. The first-order chi connectivity index (χ1) is 12.4. The van der Waals surface area contributed by atoms with E-state index >= 15 is 0 Å². The van der Waals surface area contributed by atoms with E-state index in [1.54, 1.807) is 12.1 Å². The molecule has 0 aliphatic rings. The van der Waals surface area contributed by atoms with Gasteiger partial charge in [0.1, 0.15) is 11.2 Å². The maximum Gasteiger partial charge on any atom is 0.263 e. The summed E-state index contributed by atoms with van der Waals surface area (Å²) in [6.45, 7) is 0.234. The monoisotopic (exact) mass is 497 g/mol. The second-order valence-corrected chi connectivity index (χ2v) is 8.59.